The van der Waals surface area contributed by atoms with Crippen molar-refractivity contribution in [3.63, 3.8) is 0 Å². The fourth-order valence-electron chi connectivity index (χ4n) is 2.73. The van der Waals surface area contributed by atoms with Gasteiger partial charge in [0.1, 0.15) is 6.04 Å². The Morgan fingerprint density at radius 3 is 1.32 bits per heavy atom. The van der Waals surface area contributed by atoms with Gasteiger partial charge in [-0.3, -0.25) is 9.59 Å². The first-order valence-electron chi connectivity index (χ1n) is 11.4. The van der Waals surface area contributed by atoms with E-state index in [1.807, 2.05) is 0 Å². The van der Waals surface area contributed by atoms with Crippen molar-refractivity contribution in [2.24, 2.45) is 0 Å². The molecule has 0 bridgehead atoms. The van der Waals surface area contributed by atoms with Crippen LogP contribution in [0.15, 0.2) is 0 Å². The highest BCUT2D eigenvalue weighted by Gasteiger charge is 2.82. The molecule has 0 spiro atoms. The van der Waals surface area contributed by atoms with Gasteiger partial charge in [0.25, 0.3) is 0 Å². The van der Waals surface area contributed by atoms with E-state index in [1.54, 1.807) is 0 Å². The standard InChI is InChI=1S/C20H22F18N2O4/c1-40(2)6-5-39-10(12(42)44-8-4-14(23,24)16(27,28)18(31,32)20(36,37)38)9-11(41)43-7-3-13(21,22)15(25,26)17(29,30)19(33,34)35/h10,39H,3-9H2,1-2H3. The van der Waals surface area contributed by atoms with Gasteiger partial charge in [0, 0.05) is 13.1 Å². The van der Waals surface area contributed by atoms with Crippen LogP contribution in [0.2, 0.25) is 0 Å². The summed E-state index contributed by atoms with van der Waals surface area (Å²) in [4.78, 5) is 25.4. The zero-order valence-corrected chi connectivity index (χ0v) is 21.9. The Hall–Kier alpha value is -2.40. The average molecular weight is 696 g/mol. The number of alkyl halides is 18. The summed E-state index contributed by atoms with van der Waals surface area (Å²) in [6.07, 6.45) is -20.9. The first kappa shape index (κ1) is 41.6. The van der Waals surface area contributed by atoms with Crippen molar-refractivity contribution in [3.8, 4) is 0 Å². The van der Waals surface area contributed by atoms with Crippen LogP contribution < -0.4 is 5.32 Å². The molecule has 24 heteroatoms. The van der Waals surface area contributed by atoms with Gasteiger partial charge in [0.05, 0.1) is 32.5 Å². The second-order valence-corrected chi connectivity index (χ2v) is 9.10. The van der Waals surface area contributed by atoms with Gasteiger partial charge < -0.3 is 19.7 Å². The lowest BCUT2D eigenvalue weighted by atomic mass is 10.0. The Labute approximate surface area is 235 Å². The van der Waals surface area contributed by atoms with E-state index in [0.717, 1.165) is 0 Å². The molecule has 0 aromatic carbocycles. The summed E-state index contributed by atoms with van der Waals surface area (Å²) in [7, 11) is 2.86. The maximum Gasteiger partial charge on any atom is 0.460 e. The van der Waals surface area contributed by atoms with Crippen molar-refractivity contribution in [1.29, 1.82) is 0 Å². The normalized spacial score (nSPS) is 15.4. The highest BCUT2D eigenvalue weighted by atomic mass is 19.4. The van der Waals surface area contributed by atoms with Gasteiger partial charge in [-0.1, -0.05) is 0 Å². The van der Waals surface area contributed by atoms with E-state index < -0.39 is 98.3 Å². The summed E-state index contributed by atoms with van der Waals surface area (Å²) in [5.74, 6) is -44.6. The number of halogens is 18. The van der Waals surface area contributed by atoms with Crippen molar-refractivity contribution in [2.45, 2.75) is 73.2 Å². The molecule has 0 amide bonds. The number of carbonyl (C=O) groups excluding carboxylic acids is 2. The first-order valence-corrected chi connectivity index (χ1v) is 11.4. The van der Waals surface area contributed by atoms with Gasteiger partial charge in [0.2, 0.25) is 0 Å². The number of hydrogen-bond donors (Lipinski definition) is 1. The lowest BCUT2D eigenvalue weighted by molar-refractivity contribution is -0.397. The number of nitrogens with zero attached hydrogens (tertiary/aromatic N) is 1. The molecule has 262 valence electrons. The molecular formula is C20H22F18N2O4. The van der Waals surface area contributed by atoms with Crippen LogP contribution in [0.25, 0.3) is 0 Å². The van der Waals surface area contributed by atoms with Crippen molar-refractivity contribution in [3.05, 3.63) is 0 Å². The molecule has 0 aliphatic rings. The van der Waals surface area contributed by atoms with Crippen LogP contribution >= 0.6 is 0 Å². The number of nitrogens with one attached hydrogen (secondary N) is 1. The van der Waals surface area contributed by atoms with Crippen LogP contribution in [0.4, 0.5) is 79.0 Å². The molecule has 1 atom stereocenters. The minimum Gasteiger partial charge on any atom is -0.465 e. The molecule has 0 rings (SSSR count). The summed E-state index contributed by atoms with van der Waals surface area (Å²) in [5.41, 5.74) is 0. The molecule has 0 saturated heterocycles. The Bertz CT molecular complexity index is 965. The highest BCUT2D eigenvalue weighted by molar-refractivity contribution is 5.82. The number of likely N-dealkylation sites (N-methyl/N-ethyl adjacent to an activating group) is 1. The molecule has 1 unspecified atom stereocenters. The van der Waals surface area contributed by atoms with Gasteiger partial charge in [0.15, 0.2) is 0 Å². The predicted octanol–water partition coefficient (Wildman–Crippen LogP) is 5.70. The van der Waals surface area contributed by atoms with Gasteiger partial charge in [-0.2, -0.15) is 79.0 Å². The summed E-state index contributed by atoms with van der Waals surface area (Å²) in [6, 6.07) is -2.11. The van der Waals surface area contributed by atoms with Crippen LogP contribution in [0, 0.1) is 0 Å². The Kier molecular flexibility index (Phi) is 13.2. The van der Waals surface area contributed by atoms with Crippen LogP contribution in [-0.2, 0) is 19.1 Å². The quantitative estimate of drug-likeness (QED) is 0.156. The van der Waals surface area contributed by atoms with Crippen molar-refractivity contribution in [2.75, 3.05) is 40.4 Å². The molecule has 0 aromatic rings. The lowest BCUT2D eigenvalue weighted by Crippen LogP contribution is -2.61. The van der Waals surface area contributed by atoms with E-state index in [-0.39, 0.29) is 13.1 Å². The van der Waals surface area contributed by atoms with Crippen LogP contribution in [0.5, 0.6) is 0 Å². The lowest BCUT2D eigenvalue weighted by Gasteiger charge is -2.33. The van der Waals surface area contributed by atoms with E-state index in [9.17, 15) is 88.6 Å². The average Bonchev–Trinajstić information content (AvgIpc) is 2.80. The minimum atomic E-state index is -7.24. The number of esters is 2. The first-order chi connectivity index (χ1) is 19.3. The topological polar surface area (TPSA) is 67.9 Å². The number of ether oxygens (including phenoxy) is 2. The van der Waals surface area contributed by atoms with Crippen molar-refractivity contribution >= 4 is 11.9 Å². The number of carbonyl (C=O) groups is 2. The van der Waals surface area contributed by atoms with Gasteiger partial charge in [-0.25, -0.2) is 0 Å². The maximum absolute atomic E-state index is 13.6. The van der Waals surface area contributed by atoms with Crippen molar-refractivity contribution < 1.29 is 98.1 Å². The smallest absolute Gasteiger partial charge is 0.460 e. The molecule has 0 fully saturated rings. The monoisotopic (exact) mass is 696 g/mol. The third-order valence-corrected chi connectivity index (χ3v) is 5.36. The van der Waals surface area contributed by atoms with Gasteiger partial charge in [-0.15, -0.1) is 0 Å². The highest BCUT2D eigenvalue weighted by Crippen LogP contribution is 2.55. The Morgan fingerprint density at radius 2 is 0.977 bits per heavy atom. The van der Waals surface area contributed by atoms with E-state index >= 15 is 0 Å². The molecule has 1 N–H and O–H groups in total. The minimum absolute atomic E-state index is 0.00956. The van der Waals surface area contributed by atoms with Gasteiger partial charge in [-0.05, 0) is 14.1 Å². The van der Waals surface area contributed by atoms with Crippen LogP contribution in [0.1, 0.15) is 19.3 Å². The third kappa shape index (κ3) is 9.31. The van der Waals surface area contributed by atoms with Crippen molar-refractivity contribution in [1.82, 2.24) is 10.2 Å². The molecule has 6 nitrogen and oxygen atoms in total. The number of rotatable bonds is 17. The second kappa shape index (κ2) is 13.9. The maximum atomic E-state index is 13.6. The Balaban J connectivity index is 5.47. The zero-order chi connectivity index (χ0) is 35.4. The summed E-state index contributed by atoms with van der Waals surface area (Å²) >= 11 is 0. The molecule has 0 saturated carbocycles. The van der Waals surface area contributed by atoms with E-state index in [2.05, 4.69) is 14.8 Å². The van der Waals surface area contributed by atoms with Gasteiger partial charge >= 0.3 is 59.8 Å². The summed E-state index contributed by atoms with van der Waals surface area (Å²) in [5, 5.41) is 2.16. The SMILES string of the molecule is CN(C)CCNC(CC(=O)OCCC(F)(F)C(F)(F)C(F)(F)C(F)(F)F)C(=O)OCCC(F)(F)C(F)(F)C(F)(F)C(F)(F)F. The largest absolute Gasteiger partial charge is 0.465 e. The van der Waals surface area contributed by atoms with Crippen LogP contribution in [0.3, 0.4) is 0 Å². The molecule has 0 heterocycles. The second-order valence-electron chi connectivity index (χ2n) is 9.10. The van der Waals surface area contributed by atoms with E-state index in [4.69, 9.17) is 0 Å². The number of hydrogen-bond acceptors (Lipinski definition) is 6. The molecule has 0 radical (unpaired) electrons. The molecule has 44 heavy (non-hydrogen) atoms. The summed E-state index contributed by atoms with van der Waals surface area (Å²) < 4.78 is 240. The van der Waals surface area contributed by atoms with E-state index in [0.29, 0.717) is 0 Å². The third-order valence-electron chi connectivity index (χ3n) is 5.36. The molecular weight excluding hydrogens is 674 g/mol. The Morgan fingerprint density at radius 1 is 0.614 bits per heavy atom. The fourth-order valence-corrected chi connectivity index (χ4v) is 2.73. The van der Waals surface area contributed by atoms with Crippen LogP contribution in [-0.4, -0.2) is 111 Å². The molecule has 0 aliphatic carbocycles. The predicted molar refractivity (Wildman–Crippen MR) is 108 cm³/mol. The zero-order valence-electron chi connectivity index (χ0n) is 21.9. The molecule has 0 aliphatic heterocycles. The molecule has 0 aromatic heterocycles. The van der Waals surface area contributed by atoms with E-state index in [1.165, 1.54) is 19.0 Å². The summed E-state index contributed by atoms with van der Waals surface area (Å²) in [6.45, 7) is -4.26. The fraction of sp³-hybridized carbons (Fsp3) is 0.900.